The summed E-state index contributed by atoms with van der Waals surface area (Å²) in [6, 6.07) is 6.08. The normalized spacial score (nSPS) is 17.7. The first-order valence-electron chi connectivity index (χ1n) is 6.29. The number of ether oxygens (including phenoxy) is 2. The van der Waals surface area contributed by atoms with Crippen molar-refractivity contribution in [2.75, 3.05) is 26.4 Å². The van der Waals surface area contributed by atoms with Crippen LogP contribution in [0.2, 0.25) is 0 Å². The molecule has 0 aromatic heterocycles. The zero-order valence-corrected chi connectivity index (χ0v) is 10.7. The van der Waals surface area contributed by atoms with Gasteiger partial charge in [-0.3, -0.25) is 0 Å². The summed E-state index contributed by atoms with van der Waals surface area (Å²) in [5, 5.41) is 8.68. The van der Waals surface area contributed by atoms with Crippen molar-refractivity contribution in [1.29, 1.82) is 5.26 Å². The fourth-order valence-electron chi connectivity index (χ4n) is 2.13. The molecule has 2 rings (SSSR count). The molecule has 19 heavy (non-hydrogen) atoms. The van der Waals surface area contributed by atoms with Gasteiger partial charge in [0.2, 0.25) is 0 Å². The molecule has 0 unspecified atom stereocenters. The van der Waals surface area contributed by atoms with Crippen LogP contribution in [-0.2, 0) is 4.74 Å². The number of hydrogen-bond acceptors (Lipinski definition) is 4. The number of nitriles is 1. The lowest BCUT2D eigenvalue weighted by Crippen LogP contribution is -2.41. The van der Waals surface area contributed by atoms with Crippen molar-refractivity contribution in [3.8, 4) is 11.8 Å². The Bertz CT molecular complexity index is 479. The van der Waals surface area contributed by atoms with Gasteiger partial charge in [0, 0.05) is 25.2 Å². The van der Waals surface area contributed by atoms with Crippen LogP contribution in [0.3, 0.4) is 0 Å². The highest BCUT2D eigenvalue weighted by Crippen LogP contribution is 2.30. The molecule has 1 aromatic carbocycles. The van der Waals surface area contributed by atoms with Gasteiger partial charge >= 0.3 is 0 Å². The molecule has 1 aromatic rings. The van der Waals surface area contributed by atoms with Crippen molar-refractivity contribution in [2.24, 2.45) is 11.1 Å². The van der Waals surface area contributed by atoms with E-state index in [4.69, 9.17) is 20.5 Å². The molecule has 1 heterocycles. The second-order valence-electron chi connectivity index (χ2n) is 4.86. The lowest BCUT2D eigenvalue weighted by molar-refractivity contribution is -0.00563. The van der Waals surface area contributed by atoms with Gasteiger partial charge in [-0.1, -0.05) is 0 Å². The maximum absolute atomic E-state index is 13.7. The van der Waals surface area contributed by atoms with Crippen LogP contribution in [0.25, 0.3) is 0 Å². The summed E-state index contributed by atoms with van der Waals surface area (Å²) in [6.45, 7) is 2.19. The molecule has 4 nitrogen and oxygen atoms in total. The average molecular weight is 264 g/mol. The lowest BCUT2D eigenvalue weighted by atomic mass is 9.81. The number of benzene rings is 1. The smallest absolute Gasteiger partial charge is 0.166 e. The minimum Gasteiger partial charge on any atom is -0.490 e. The highest BCUT2D eigenvalue weighted by molar-refractivity contribution is 5.36. The van der Waals surface area contributed by atoms with E-state index in [9.17, 15) is 4.39 Å². The Morgan fingerprint density at radius 2 is 2.16 bits per heavy atom. The molecule has 0 aliphatic carbocycles. The maximum atomic E-state index is 13.7. The molecule has 0 radical (unpaired) electrons. The summed E-state index contributed by atoms with van der Waals surface area (Å²) in [5.74, 6) is -0.350. The Labute approximate surface area is 111 Å². The van der Waals surface area contributed by atoms with Gasteiger partial charge in [0.1, 0.15) is 0 Å². The minimum atomic E-state index is -0.515. The van der Waals surface area contributed by atoms with Gasteiger partial charge in [0.15, 0.2) is 11.6 Å². The van der Waals surface area contributed by atoms with Crippen LogP contribution in [-0.4, -0.2) is 26.4 Å². The third-order valence-corrected chi connectivity index (χ3v) is 3.58. The number of halogens is 1. The van der Waals surface area contributed by atoms with Crippen molar-refractivity contribution < 1.29 is 13.9 Å². The summed E-state index contributed by atoms with van der Waals surface area (Å²) >= 11 is 0. The third kappa shape index (κ3) is 3.22. The maximum Gasteiger partial charge on any atom is 0.166 e. The molecule has 0 spiro atoms. The van der Waals surface area contributed by atoms with Crippen molar-refractivity contribution in [3.05, 3.63) is 29.6 Å². The van der Waals surface area contributed by atoms with Crippen LogP contribution in [0.4, 0.5) is 4.39 Å². The molecule has 1 aliphatic rings. The van der Waals surface area contributed by atoms with E-state index >= 15 is 0 Å². The monoisotopic (exact) mass is 264 g/mol. The van der Waals surface area contributed by atoms with Crippen LogP contribution < -0.4 is 10.5 Å². The highest BCUT2D eigenvalue weighted by atomic mass is 19.1. The molecule has 102 valence electrons. The van der Waals surface area contributed by atoms with Crippen molar-refractivity contribution in [3.63, 3.8) is 0 Å². The van der Waals surface area contributed by atoms with Gasteiger partial charge in [-0.15, -0.1) is 0 Å². The summed E-state index contributed by atoms with van der Waals surface area (Å²) in [4.78, 5) is 0. The molecule has 2 N–H and O–H groups in total. The molecule has 5 heteroatoms. The van der Waals surface area contributed by atoms with Crippen LogP contribution in [0.1, 0.15) is 18.4 Å². The van der Waals surface area contributed by atoms with Gasteiger partial charge in [0.25, 0.3) is 0 Å². The number of nitrogens with two attached hydrogens (primary N) is 1. The number of hydrogen-bond donors (Lipinski definition) is 1. The first-order chi connectivity index (χ1) is 9.19. The van der Waals surface area contributed by atoms with Crippen LogP contribution >= 0.6 is 0 Å². The molecular formula is C14H17FN2O2. The van der Waals surface area contributed by atoms with Gasteiger partial charge < -0.3 is 15.2 Å². The Morgan fingerprint density at radius 1 is 1.42 bits per heavy atom. The standard InChI is InChI=1S/C14H17FN2O2/c15-12-7-11(8-16)1-2-13(12)19-10-14(9-17)3-5-18-6-4-14/h1-2,7H,3-6,9-10,17H2. The van der Waals surface area contributed by atoms with E-state index in [1.807, 2.05) is 6.07 Å². The van der Waals surface area contributed by atoms with E-state index < -0.39 is 5.82 Å². The van der Waals surface area contributed by atoms with Crippen LogP contribution in [0.5, 0.6) is 5.75 Å². The SMILES string of the molecule is N#Cc1ccc(OCC2(CN)CCOCC2)c(F)c1. The van der Waals surface area contributed by atoms with Gasteiger partial charge in [-0.2, -0.15) is 5.26 Å². The fraction of sp³-hybridized carbons (Fsp3) is 0.500. The molecule has 0 bridgehead atoms. The van der Waals surface area contributed by atoms with E-state index in [1.54, 1.807) is 0 Å². The summed E-state index contributed by atoms with van der Waals surface area (Å²) in [5.41, 5.74) is 5.96. The van der Waals surface area contributed by atoms with Crippen LogP contribution in [0, 0.1) is 22.6 Å². The summed E-state index contributed by atoms with van der Waals surface area (Å²) in [7, 11) is 0. The zero-order valence-electron chi connectivity index (χ0n) is 10.7. The average Bonchev–Trinajstić information content (AvgIpc) is 2.47. The number of rotatable bonds is 4. The second kappa shape index (κ2) is 6.00. The largest absolute Gasteiger partial charge is 0.490 e. The van der Waals surface area contributed by atoms with Crippen molar-refractivity contribution in [2.45, 2.75) is 12.8 Å². The second-order valence-corrected chi connectivity index (χ2v) is 4.86. The molecule has 1 fully saturated rings. The lowest BCUT2D eigenvalue weighted by Gasteiger charge is -2.35. The zero-order chi connectivity index (χ0) is 13.7. The fourth-order valence-corrected chi connectivity index (χ4v) is 2.13. The Hall–Kier alpha value is -1.64. The van der Waals surface area contributed by atoms with Gasteiger partial charge in [-0.25, -0.2) is 4.39 Å². The predicted octanol–water partition coefficient (Wildman–Crippen LogP) is 1.83. The predicted molar refractivity (Wildman–Crippen MR) is 68.2 cm³/mol. The first kappa shape index (κ1) is 13.8. The van der Waals surface area contributed by atoms with Crippen LogP contribution in [0.15, 0.2) is 18.2 Å². The molecule has 1 aliphatic heterocycles. The molecular weight excluding hydrogens is 247 g/mol. The number of nitrogens with zero attached hydrogens (tertiary/aromatic N) is 1. The molecule has 1 saturated heterocycles. The van der Waals surface area contributed by atoms with Gasteiger partial charge in [0.05, 0.1) is 18.2 Å². The molecule has 0 atom stereocenters. The van der Waals surface area contributed by atoms with Crippen molar-refractivity contribution in [1.82, 2.24) is 0 Å². The van der Waals surface area contributed by atoms with E-state index in [0.29, 0.717) is 26.4 Å². The quantitative estimate of drug-likeness (QED) is 0.900. The molecule has 0 amide bonds. The highest BCUT2D eigenvalue weighted by Gasteiger charge is 2.32. The third-order valence-electron chi connectivity index (χ3n) is 3.58. The van der Waals surface area contributed by atoms with Gasteiger partial charge in [-0.05, 0) is 31.0 Å². The first-order valence-corrected chi connectivity index (χ1v) is 6.29. The summed E-state index contributed by atoms with van der Waals surface area (Å²) < 4.78 is 24.5. The molecule has 0 saturated carbocycles. The van der Waals surface area contributed by atoms with E-state index in [2.05, 4.69) is 0 Å². The Balaban J connectivity index is 2.03. The van der Waals surface area contributed by atoms with Crippen molar-refractivity contribution >= 4 is 0 Å². The van der Waals surface area contributed by atoms with E-state index in [1.165, 1.54) is 18.2 Å². The Morgan fingerprint density at radius 3 is 2.74 bits per heavy atom. The van der Waals surface area contributed by atoms with E-state index in [0.717, 1.165) is 12.8 Å². The minimum absolute atomic E-state index is 0.140. The topological polar surface area (TPSA) is 68.3 Å². The summed E-state index contributed by atoms with van der Waals surface area (Å²) in [6.07, 6.45) is 1.64. The van der Waals surface area contributed by atoms with E-state index in [-0.39, 0.29) is 16.7 Å². The Kier molecular flexibility index (Phi) is 4.35.